The number of ether oxygens (including phenoxy) is 2. The van der Waals surface area contributed by atoms with E-state index in [1.54, 1.807) is 42.7 Å². The lowest BCUT2D eigenvalue weighted by molar-refractivity contribution is -0.154. The first kappa shape index (κ1) is 20.2. The fourth-order valence-electron chi connectivity index (χ4n) is 2.70. The fraction of sp³-hybridized carbons (Fsp3) is 0.136. The van der Waals surface area contributed by atoms with Gasteiger partial charge in [-0.3, -0.25) is 4.98 Å². The van der Waals surface area contributed by atoms with Gasteiger partial charge in [0, 0.05) is 29.0 Å². The number of pyridine rings is 1. The minimum atomic E-state index is -1.80. The highest BCUT2D eigenvalue weighted by Crippen LogP contribution is 2.36. The molecule has 0 fully saturated rings. The second-order valence-corrected chi connectivity index (χ2v) is 6.74. The summed E-state index contributed by atoms with van der Waals surface area (Å²) in [4.78, 5) is 16.0. The van der Waals surface area contributed by atoms with Gasteiger partial charge in [-0.1, -0.05) is 29.8 Å². The standard InChI is InChI=1S/C22H17ClN2O4/c1-22(21(26)27,18-4-2-3-5-19(18)23)29-20-12-17(7-6-16(20)13-24)28-14-15-8-10-25-11-9-15/h2-12H,14H2,1H3,(H,26,27). The molecule has 3 aromatic rings. The van der Waals surface area contributed by atoms with Gasteiger partial charge in [0.1, 0.15) is 24.2 Å². The van der Waals surface area contributed by atoms with Crippen LogP contribution in [-0.2, 0) is 17.0 Å². The van der Waals surface area contributed by atoms with Crippen molar-refractivity contribution in [2.75, 3.05) is 0 Å². The summed E-state index contributed by atoms with van der Waals surface area (Å²) >= 11 is 6.20. The maximum absolute atomic E-state index is 12.1. The number of carbonyl (C=O) groups is 1. The van der Waals surface area contributed by atoms with Crippen LogP contribution in [0.25, 0.3) is 0 Å². The van der Waals surface area contributed by atoms with Crippen LogP contribution in [0.15, 0.2) is 67.0 Å². The number of aromatic nitrogens is 1. The van der Waals surface area contributed by atoms with Gasteiger partial charge in [0.25, 0.3) is 0 Å². The number of benzene rings is 2. The van der Waals surface area contributed by atoms with E-state index in [1.165, 1.54) is 19.1 Å². The predicted octanol–water partition coefficient (Wildman–Crippen LogP) is 4.56. The molecule has 0 bridgehead atoms. The second kappa shape index (κ2) is 8.63. The lowest BCUT2D eigenvalue weighted by Crippen LogP contribution is -2.39. The molecule has 1 unspecified atom stereocenters. The summed E-state index contributed by atoms with van der Waals surface area (Å²) in [6, 6.07) is 16.8. The van der Waals surface area contributed by atoms with Gasteiger partial charge in [-0.25, -0.2) is 4.79 Å². The lowest BCUT2D eigenvalue weighted by atomic mass is 9.95. The summed E-state index contributed by atoms with van der Waals surface area (Å²) in [7, 11) is 0. The molecule has 0 aliphatic heterocycles. The number of hydrogen-bond acceptors (Lipinski definition) is 5. The van der Waals surface area contributed by atoms with Crippen molar-refractivity contribution in [2.24, 2.45) is 0 Å². The monoisotopic (exact) mass is 408 g/mol. The zero-order valence-corrected chi connectivity index (χ0v) is 16.3. The van der Waals surface area contributed by atoms with Gasteiger partial charge in [0.2, 0.25) is 5.60 Å². The summed E-state index contributed by atoms with van der Waals surface area (Å²) in [5.41, 5.74) is -0.423. The predicted molar refractivity (Wildman–Crippen MR) is 107 cm³/mol. The Kier molecular flexibility index (Phi) is 6.01. The van der Waals surface area contributed by atoms with Gasteiger partial charge in [-0.2, -0.15) is 5.26 Å². The summed E-state index contributed by atoms with van der Waals surface area (Å²) in [6.45, 7) is 1.68. The molecule has 1 N–H and O–H groups in total. The third-order valence-electron chi connectivity index (χ3n) is 4.34. The van der Waals surface area contributed by atoms with Crippen molar-refractivity contribution < 1.29 is 19.4 Å². The van der Waals surface area contributed by atoms with Crippen LogP contribution in [0.3, 0.4) is 0 Å². The number of halogens is 1. The van der Waals surface area contributed by atoms with E-state index in [9.17, 15) is 15.2 Å². The Morgan fingerprint density at radius 1 is 1.21 bits per heavy atom. The second-order valence-electron chi connectivity index (χ2n) is 6.33. The van der Waals surface area contributed by atoms with Gasteiger partial charge in [-0.05, 0) is 42.8 Å². The zero-order chi connectivity index (χ0) is 20.9. The van der Waals surface area contributed by atoms with Gasteiger partial charge in [-0.15, -0.1) is 0 Å². The third kappa shape index (κ3) is 4.48. The summed E-state index contributed by atoms with van der Waals surface area (Å²) in [6.07, 6.45) is 3.32. The quantitative estimate of drug-likeness (QED) is 0.615. The molecule has 1 atom stereocenters. The van der Waals surface area contributed by atoms with Crippen molar-refractivity contribution in [3.05, 3.63) is 88.7 Å². The van der Waals surface area contributed by atoms with E-state index in [1.807, 2.05) is 18.2 Å². The van der Waals surface area contributed by atoms with E-state index < -0.39 is 11.6 Å². The molecule has 0 saturated heterocycles. The molecule has 0 radical (unpaired) electrons. The van der Waals surface area contributed by atoms with Crippen LogP contribution < -0.4 is 9.47 Å². The molecule has 29 heavy (non-hydrogen) atoms. The first-order chi connectivity index (χ1) is 13.9. The molecule has 146 valence electrons. The molecule has 6 nitrogen and oxygen atoms in total. The number of rotatable bonds is 7. The number of aliphatic carboxylic acids is 1. The van der Waals surface area contributed by atoms with Crippen molar-refractivity contribution >= 4 is 17.6 Å². The van der Waals surface area contributed by atoms with E-state index in [0.29, 0.717) is 5.75 Å². The van der Waals surface area contributed by atoms with Crippen molar-refractivity contribution in [1.82, 2.24) is 4.98 Å². The Balaban J connectivity index is 1.92. The highest BCUT2D eigenvalue weighted by Gasteiger charge is 2.40. The molecule has 0 amide bonds. The first-order valence-corrected chi connectivity index (χ1v) is 9.05. The van der Waals surface area contributed by atoms with Crippen LogP contribution in [0.5, 0.6) is 11.5 Å². The topological polar surface area (TPSA) is 92.4 Å². The first-order valence-electron chi connectivity index (χ1n) is 8.67. The molecular formula is C22H17ClN2O4. The number of hydrogen-bond donors (Lipinski definition) is 1. The Morgan fingerprint density at radius 2 is 1.93 bits per heavy atom. The Morgan fingerprint density at radius 3 is 2.59 bits per heavy atom. The van der Waals surface area contributed by atoms with Crippen LogP contribution in [0.4, 0.5) is 0 Å². The Hall–Kier alpha value is -3.56. The number of carboxylic acids is 1. The summed E-state index contributed by atoms with van der Waals surface area (Å²) in [5.74, 6) is -0.718. The normalized spacial score (nSPS) is 12.4. The van der Waals surface area contributed by atoms with Crippen molar-refractivity contribution in [1.29, 1.82) is 5.26 Å². The fourth-order valence-corrected chi connectivity index (χ4v) is 3.01. The van der Waals surface area contributed by atoms with E-state index >= 15 is 0 Å². The van der Waals surface area contributed by atoms with Crippen LogP contribution in [0, 0.1) is 11.3 Å². The van der Waals surface area contributed by atoms with Crippen molar-refractivity contribution in [3.63, 3.8) is 0 Å². The van der Waals surface area contributed by atoms with Gasteiger partial charge in [0.05, 0.1) is 5.56 Å². The van der Waals surface area contributed by atoms with Crippen LogP contribution in [-0.4, -0.2) is 16.1 Å². The van der Waals surface area contributed by atoms with Crippen molar-refractivity contribution in [3.8, 4) is 17.6 Å². The third-order valence-corrected chi connectivity index (χ3v) is 4.67. The zero-order valence-electron chi connectivity index (χ0n) is 15.5. The van der Waals surface area contributed by atoms with Gasteiger partial charge >= 0.3 is 5.97 Å². The van der Waals surface area contributed by atoms with Gasteiger partial charge < -0.3 is 14.6 Å². The highest BCUT2D eigenvalue weighted by atomic mass is 35.5. The largest absolute Gasteiger partial charge is 0.489 e. The van der Waals surface area contributed by atoms with E-state index in [-0.39, 0.29) is 28.5 Å². The maximum atomic E-state index is 12.1. The Bertz CT molecular complexity index is 1070. The molecular weight excluding hydrogens is 392 g/mol. The van der Waals surface area contributed by atoms with Crippen LogP contribution in [0.2, 0.25) is 5.02 Å². The van der Waals surface area contributed by atoms with E-state index in [0.717, 1.165) is 5.56 Å². The minimum Gasteiger partial charge on any atom is -0.489 e. The summed E-state index contributed by atoms with van der Waals surface area (Å²) < 4.78 is 11.6. The van der Waals surface area contributed by atoms with Crippen LogP contribution >= 0.6 is 11.6 Å². The molecule has 1 heterocycles. The number of carboxylic acid groups (broad SMARTS) is 1. The highest BCUT2D eigenvalue weighted by molar-refractivity contribution is 6.31. The van der Waals surface area contributed by atoms with Crippen LogP contribution in [0.1, 0.15) is 23.6 Å². The minimum absolute atomic E-state index is 0.0875. The van der Waals surface area contributed by atoms with Gasteiger partial charge in [0.15, 0.2) is 0 Å². The number of nitrogens with zero attached hydrogens (tertiary/aromatic N) is 2. The molecule has 0 aliphatic rings. The maximum Gasteiger partial charge on any atom is 0.352 e. The van der Waals surface area contributed by atoms with E-state index in [4.69, 9.17) is 21.1 Å². The average molecular weight is 409 g/mol. The molecule has 3 rings (SSSR count). The molecule has 0 saturated carbocycles. The molecule has 7 heteroatoms. The number of nitriles is 1. The SMILES string of the molecule is CC(Oc1cc(OCc2ccncc2)ccc1C#N)(C(=O)O)c1ccccc1Cl. The molecule has 0 spiro atoms. The smallest absolute Gasteiger partial charge is 0.352 e. The molecule has 2 aromatic carbocycles. The molecule has 0 aliphatic carbocycles. The Labute approximate surface area is 172 Å². The van der Waals surface area contributed by atoms with Crippen molar-refractivity contribution in [2.45, 2.75) is 19.1 Å². The average Bonchev–Trinajstić information content (AvgIpc) is 2.73. The lowest BCUT2D eigenvalue weighted by Gasteiger charge is -2.28. The summed E-state index contributed by atoms with van der Waals surface area (Å²) in [5, 5.41) is 19.5. The molecule has 1 aromatic heterocycles. The van der Waals surface area contributed by atoms with E-state index in [2.05, 4.69) is 4.98 Å².